The minimum absolute atomic E-state index is 0.0517. The minimum Gasteiger partial charge on any atom is -0.386 e. The zero-order valence-electron chi connectivity index (χ0n) is 16.3. The monoisotopic (exact) mass is 401 g/mol. The van der Waals surface area contributed by atoms with E-state index < -0.39 is 11.4 Å². The van der Waals surface area contributed by atoms with Gasteiger partial charge in [-0.2, -0.15) is 0 Å². The molecule has 5 nitrogen and oxygen atoms in total. The highest BCUT2D eigenvalue weighted by molar-refractivity contribution is 8.01. The average molecular weight is 402 g/mol. The molecule has 7 heteroatoms. The Bertz CT molecular complexity index is 582. The van der Waals surface area contributed by atoms with Gasteiger partial charge in [0.1, 0.15) is 9.94 Å². The molecule has 0 amide bonds. The molecule has 0 bridgehead atoms. The van der Waals surface area contributed by atoms with Gasteiger partial charge in [0.05, 0.1) is 18.3 Å². The van der Waals surface area contributed by atoms with Crippen LogP contribution in [0.25, 0.3) is 0 Å². The highest BCUT2D eigenvalue weighted by Gasteiger charge is 2.57. The Balaban J connectivity index is 1.91. The van der Waals surface area contributed by atoms with Crippen molar-refractivity contribution in [1.82, 2.24) is 4.98 Å². The summed E-state index contributed by atoms with van der Waals surface area (Å²) >= 11 is 3.25. The molecule has 3 heterocycles. The second-order valence-corrected chi connectivity index (χ2v) is 10.2. The Labute approximate surface area is 164 Å². The molecule has 26 heavy (non-hydrogen) atoms. The van der Waals surface area contributed by atoms with Crippen molar-refractivity contribution in [3.05, 3.63) is 11.6 Å². The molecule has 1 aromatic heterocycles. The van der Waals surface area contributed by atoms with Crippen LogP contribution in [0.5, 0.6) is 0 Å². The van der Waals surface area contributed by atoms with Crippen molar-refractivity contribution < 1.29 is 19.3 Å². The predicted octanol–water partition coefficient (Wildman–Crippen LogP) is 4.10. The summed E-state index contributed by atoms with van der Waals surface area (Å²) < 4.78 is 19.6. The summed E-state index contributed by atoms with van der Waals surface area (Å²) in [7, 11) is 1.75. The third-order valence-corrected chi connectivity index (χ3v) is 8.14. The molecule has 1 N–H and O–H groups in total. The topological polar surface area (TPSA) is 60.8 Å². The molecular formula is C19H31NO4S2. The molecule has 0 saturated carbocycles. The summed E-state index contributed by atoms with van der Waals surface area (Å²) in [5.41, 5.74) is -0.955. The van der Waals surface area contributed by atoms with Crippen LogP contribution in [0, 0.1) is 5.92 Å². The lowest BCUT2D eigenvalue weighted by molar-refractivity contribution is -0.356. The molecule has 2 saturated heterocycles. The van der Waals surface area contributed by atoms with E-state index in [1.807, 2.05) is 18.5 Å². The van der Waals surface area contributed by atoms with E-state index in [1.54, 1.807) is 30.2 Å². The van der Waals surface area contributed by atoms with Crippen LogP contribution in [0.4, 0.5) is 0 Å². The van der Waals surface area contributed by atoms with Crippen molar-refractivity contribution >= 4 is 23.1 Å². The van der Waals surface area contributed by atoms with Crippen LogP contribution in [-0.2, 0) is 14.2 Å². The fraction of sp³-hybridized carbons (Fsp3) is 0.842. The van der Waals surface area contributed by atoms with Crippen LogP contribution in [0.3, 0.4) is 0 Å². The van der Waals surface area contributed by atoms with Gasteiger partial charge in [0.25, 0.3) is 0 Å². The third-order valence-electron chi connectivity index (χ3n) is 5.76. The number of ether oxygens (including phenoxy) is 3. The Morgan fingerprint density at radius 2 is 2.23 bits per heavy atom. The Morgan fingerprint density at radius 1 is 1.46 bits per heavy atom. The fourth-order valence-corrected chi connectivity index (χ4v) is 6.35. The van der Waals surface area contributed by atoms with Gasteiger partial charge in [-0.15, -0.1) is 11.3 Å². The largest absolute Gasteiger partial charge is 0.386 e. The maximum atomic E-state index is 11.4. The second-order valence-electron chi connectivity index (χ2n) is 7.90. The number of nitrogens with zero attached hydrogens (tertiary/aromatic N) is 1. The predicted molar refractivity (Wildman–Crippen MR) is 105 cm³/mol. The van der Waals surface area contributed by atoms with Gasteiger partial charge in [0.15, 0.2) is 5.79 Å². The summed E-state index contributed by atoms with van der Waals surface area (Å²) in [6.45, 7) is 8.26. The Morgan fingerprint density at radius 3 is 2.85 bits per heavy atom. The van der Waals surface area contributed by atoms with Crippen molar-refractivity contribution in [2.45, 2.75) is 92.7 Å². The molecule has 0 aliphatic carbocycles. The number of aliphatic hydroxyl groups is 1. The number of hydrogen-bond donors (Lipinski definition) is 1. The molecule has 2 unspecified atom stereocenters. The normalized spacial score (nSPS) is 42.1. The lowest BCUT2D eigenvalue weighted by Gasteiger charge is -2.55. The van der Waals surface area contributed by atoms with Crippen LogP contribution in [0.1, 0.15) is 53.4 Å². The van der Waals surface area contributed by atoms with Gasteiger partial charge >= 0.3 is 0 Å². The van der Waals surface area contributed by atoms with Crippen LogP contribution in [0.2, 0.25) is 0 Å². The zero-order chi connectivity index (χ0) is 18.9. The van der Waals surface area contributed by atoms with Gasteiger partial charge in [0.2, 0.25) is 0 Å². The molecular weight excluding hydrogens is 370 g/mol. The molecule has 2 aliphatic rings. The first-order valence-electron chi connectivity index (χ1n) is 9.46. The van der Waals surface area contributed by atoms with Crippen LogP contribution >= 0.6 is 23.1 Å². The highest BCUT2D eigenvalue weighted by atomic mass is 32.2. The van der Waals surface area contributed by atoms with Gasteiger partial charge < -0.3 is 19.3 Å². The van der Waals surface area contributed by atoms with E-state index in [4.69, 9.17) is 14.2 Å². The minimum atomic E-state index is -0.955. The summed E-state index contributed by atoms with van der Waals surface area (Å²) in [4.78, 5) is 4.41. The van der Waals surface area contributed by atoms with Crippen molar-refractivity contribution in [2.75, 3.05) is 7.11 Å². The highest BCUT2D eigenvalue weighted by Crippen LogP contribution is 2.50. The van der Waals surface area contributed by atoms with E-state index in [9.17, 15) is 5.11 Å². The molecule has 1 spiro atoms. The first-order chi connectivity index (χ1) is 12.3. The molecule has 7 atom stereocenters. The van der Waals surface area contributed by atoms with E-state index in [1.165, 1.54) is 0 Å². The van der Waals surface area contributed by atoms with Crippen molar-refractivity contribution in [3.8, 4) is 0 Å². The zero-order valence-corrected chi connectivity index (χ0v) is 17.9. The SMILES string of the molecule is CCC(C)[C@H]1O[C@@]2(CC(OC)C[C@@H](C)O2)C[C@@H](Sc2nccs2)[C@]1(C)O. The number of aromatic nitrogens is 1. The number of rotatable bonds is 5. The lowest BCUT2D eigenvalue weighted by Crippen LogP contribution is -2.65. The van der Waals surface area contributed by atoms with Crippen LogP contribution < -0.4 is 0 Å². The van der Waals surface area contributed by atoms with Crippen molar-refractivity contribution in [3.63, 3.8) is 0 Å². The molecule has 2 fully saturated rings. The van der Waals surface area contributed by atoms with Gasteiger partial charge in [-0.05, 0) is 26.2 Å². The standard InChI is InChI=1S/C19H31NO4S2/c1-6-12(2)16-18(4,21)15(26-17-20-7-8-25-17)11-19(24-16)10-14(22-5)9-13(3)23-19/h7-8,12-16,21H,6,9-11H2,1-5H3/t12?,13-,14?,15-,16-,18+,19+/m1/s1. The van der Waals surface area contributed by atoms with E-state index in [-0.39, 0.29) is 29.5 Å². The second kappa shape index (κ2) is 8.05. The van der Waals surface area contributed by atoms with Gasteiger partial charge in [-0.1, -0.05) is 32.0 Å². The van der Waals surface area contributed by atoms with E-state index in [0.717, 1.165) is 17.2 Å². The Hall–Kier alpha value is -0.180. The number of methoxy groups -OCH3 is 1. The molecule has 2 aliphatic heterocycles. The molecule has 1 aromatic rings. The number of hydrogen-bond acceptors (Lipinski definition) is 7. The Kier molecular flexibility index (Phi) is 6.36. The van der Waals surface area contributed by atoms with Crippen molar-refractivity contribution in [2.24, 2.45) is 5.92 Å². The first-order valence-corrected chi connectivity index (χ1v) is 11.2. The molecule has 0 aromatic carbocycles. The lowest BCUT2D eigenvalue weighted by atomic mass is 9.78. The molecule has 3 rings (SSSR count). The van der Waals surface area contributed by atoms with Crippen LogP contribution in [0.15, 0.2) is 15.9 Å². The summed E-state index contributed by atoms with van der Waals surface area (Å²) in [5, 5.41) is 13.4. The summed E-state index contributed by atoms with van der Waals surface area (Å²) in [6.07, 6.45) is 4.84. The number of thiazole rings is 1. The smallest absolute Gasteiger partial charge is 0.172 e. The van der Waals surface area contributed by atoms with Gasteiger partial charge in [0, 0.05) is 36.8 Å². The fourth-order valence-electron chi connectivity index (χ4n) is 4.18. The maximum absolute atomic E-state index is 11.4. The van der Waals surface area contributed by atoms with E-state index >= 15 is 0 Å². The summed E-state index contributed by atoms with van der Waals surface area (Å²) in [5.74, 6) is -0.479. The maximum Gasteiger partial charge on any atom is 0.172 e. The third kappa shape index (κ3) is 4.13. The van der Waals surface area contributed by atoms with E-state index in [2.05, 4.69) is 25.8 Å². The summed E-state index contributed by atoms with van der Waals surface area (Å²) in [6, 6.07) is 0. The number of thioether (sulfide) groups is 1. The molecule has 0 radical (unpaired) electrons. The van der Waals surface area contributed by atoms with Gasteiger partial charge in [-0.25, -0.2) is 4.98 Å². The van der Waals surface area contributed by atoms with Crippen LogP contribution in [-0.4, -0.2) is 52.2 Å². The quantitative estimate of drug-likeness (QED) is 0.801. The van der Waals surface area contributed by atoms with E-state index in [0.29, 0.717) is 12.8 Å². The van der Waals surface area contributed by atoms with Crippen molar-refractivity contribution in [1.29, 1.82) is 0 Å². The molecule has 148 valence electrons. The average Bonchev–Trinajstić information content (AvgIpc) is 3.10. The van der Waals surface area contributed by atoms with Gasteiger partial charge in [-0.3, -0.25) is 0 Å². The first kappa shape index (κ1) is 20.6.